The van der Waals surface area contributed by atoms with Crippen LogP contribution in [0.1, 0.15) is 89.5 Å². The van der Waals surface area contributed by atoms with Gasteiger partial charge < -0.3 is 0 Å². The molecule has 1 atom stereocenters. The lowest BCUT2D eigenvalue weighted by molar-refractivity contribution is 0.220. The number of alkyl halides is 2. The summed E-state index contributed by atoms with van der Waals surface area (Å²) in [4.78, 5) is 0. The van der Waals surface area contributed by atoms with Crippen LogP contribution in [-0.2, 0) is 0 Å². The highest BCUT2D eigenvalue weighted by molar-refractivity contribution is 8.01. The maximum atomic E-state index is 13.5. The SMILES string of the molecule is CCCCCCCCC1CCC(C2(SC(F)F)C=CC(c3ccccc3)=CC2)CC1. The highest BCUT2D eigenvalue weighted by Crippen LogP contribution is 2.50. The molecule has 1 aromatic carbocycles. The predicted octanol–water partition coefficient (Wildman–Crippen LogP) is 9.28. The van der Waals surface area contributed by atoms with Crippen molar-refractivity contribution in [2.24, 2.45) is 11.8 Å². The average molecular weight is 433 g/mol. The zero-order chi connectivity index (χ0) is 21.2. The molecule has 0 N–H and O–H groups in total. The highest BCUT2D eigenvalue weighted by atomic mass is 32.2. The number of allylic oxidation sites excluding steroid dienone is 3. The van der Waals surface area contributed by atoms with Gasteiger partial charge in [-0.1, -0.05) is 125 Å². The molecule has 3 rings (SSSR count). The number of hydrogen-bond donors (Lipinski definition) is 0. The molecule has 0 nitrogen and oxygen atoms in total. The van der Waals surface area contributed by atoms with Gasteiger partial charge in [0.25, 0.3) is 5.76 Å². The lowest BCUT2D eigenvalue weighted by Crippen LogP contribution is -2.37. The van der Waals surface area contributed by atoms with Crippen LogP contribution in [0, 0.1) is 11.8 Å². The molecular formula is C27H38F2S. The van der Waals surface area contributed by atoms with Gasteiger partial charge >= 0.3 is 0 Å². The summed E-state index contributed by atoms with van der Waals surface area (Å²) < 4.78 is 26.6. The Balaban J connectivity index is 1.52. The summed E-state index contributed by atoms with van der Waals surface area (Å²) in [6, 6.07) is 10.3. The van der Waals surface area contributed by atoms with E-state index in [4.69, 9.17) is 0 Å². The van der Waals surface area contributed by atoms with Gasteiger partial charge in [0, 0.05) is 4.75 Å². The van der Waals surface area contributed by atoms with Gasteiger partial charge in [-0.25, -0.2) is 0 Å². The van der Waals surface area contributed by atoms with Crippen molar-refractivity contribution >= 4 is 17.3 Å². The lowest BCUT2D eigenvalue weighted by atomic mass is 9.71. The van der Waals surface area contributed by atoms with Crippen molar-refractivity contribution in [1.82, 2.24) is 0 Å². The Morgan fingerprint density at radius 2 is 1.67 bits per heavy atom. The van der Waals surface area contributed by atoms with Crippen molar-refractivity contribution in [3.8, 4) is 0 Å². The smallest absolute Gasteiger partial charge is 0.198 e. The van der Waals surface area contributed by atoms with Crippen molar-refractivity contribution in [3.05, 3.63) is 54.1 Å². The van der Waals surface area contributed by atoms with E-state index in [-0.39, 0.29) is 0 Å². The summed E-state index contributed by atoms with van der Waals surface area (Å²) in [6.07, 6.45) is 21.2. The summed E-state index contributed by atoms with van der Waals surface area (Å²) >= 11 is 0.892. The van der Waals surface area contributed by atoms with E-state index in [0.29, 0.717) is 5.92 Å². The van der Waals surface area contributed by atoms with Gasteiger partial charge in [0.2, 0.25) is 0 Å². The van der Waals surface area contributed by atoms with E-state index in [9.17, 15) is 8.78 Å². The van der Waals surface area contributed by atoms with Gasteiger partial charge in [0.15, 0.2) is 0 Å². The molecule has 0 aliphatic heterocycles. The van der Waals surface area contributed by atoms with Crippen molar-refractivity contribution in [2.75, 3.05) is 0 Å². The average Bonchev–Trinajstić information content (AvgIpc) is 2.77. The van der Waals surface area contributed by atoms with E-state index < -0.39 is 10.5 Å². The van der Waals surface area contributed by atoms with Gasteiger partial charge in [-0.3, -0.25) is 0 Å². The molecule has 0 saturated heterocycles. The van der Waals surface area contributed by atoms with Crippen LogP contribution >= 0.6 is 11.8 Å². The van der Waals surface area contributed by atoms with Crippen molar-refractivity contribution in [2.45, 2.75) is 94.5 Å². The number of unbranched alkanes of at least 4 members (excludes halogenated alkanes) is 5. The summed E-state index contributed by atoms with van der Waals surface area (Å²) in [5.74, 6) is -1.15. The second-order valence-corrected chi connectivity index (χ2v) is 10.5. The van der Waals surface area contributed by atoms with Crippen LogP contribution in [0.5, 0.6) is 0 Å². The first-order valence-electron chi connectivity index (χ1n) is 12.0. The Kier molecular flexibility index (Phi) is 9.49. The van der Waals surface area contributed by atoms with E-state index in [1.54, 1.807) is 0 Å². The third-order valence-electron chi connectivity index (χ3n) is 7.11. The Morgan fingerprint density at radius 3 is 2.30 bits per heavy atom. The number of benzene rings is 1. The molecule has 2 aliphatic rings. The topological polar surface area (TPSA) is 0 Å². The molecule has 0 heterocycles. The summed E-state index contributed by atoms with van der Waals surface area (Å²) in [6.45, 7) is 2.26. The van der Waals surface area contributed by atoms with Crippen LogP contribution < -0.4 is 0 Å². The largest absolute Gasteiger partial charge is 0.285 e. The molecule has 0 radical (unpaired) electrons. The first-order valence-corrected chi connectivity index (χ1v) is 12.9. The van der Waals surface area contributed by atoms with E-state index >= 15 is 0 Å². The summed E-state index contributed by atoms with van der Waals surface area (Å²) in [5, 5.41) is 0. The summed E-state index contributed by atoms with van der Waals surface area (Å²) in [5.41, 5.74) is 2.34. The summed E-state index contributed by atoms with van der Waals surface area (Å²) in [7, 11) is 0. The van der Waals surface area contributed by atoms with E-state index in [0.717, 1.165) is 42.5 Å². The molecule has 1 fully saturated rings. The van der Waals surface area contributed by atoms with E-state index in [1.807, 2.05) is 18.2 Å². The quantitative estimate of drug-likeness (QED) is 0.314. The molecule has 1 unspecified atom stereocenters. The van der Waals surface area contributed by atoms with Crippen molar-refractivity contribution < 1.29 is 8.78 Å². The van der Waals surface area contributed by atoms with Crippen molar-refractivity contribution in [1.29, 1.82) is 0 Å². The predicted molar refractivity (Wildman–Crippen MR) is 128 cm³/mol. The van der Waals surface area contributed by atoms with Crippen LogP contribution in [-0.4, -0.2) is 10.5 Å². The molecule has 2 aliphatic carbocycles. The lowest BCUT2D eigenvalue weighted by Gasteiger charge is -2.42. The fourth-order valence-corrected chi connectivity index (χ4v) is 6.37. The van der Waals surface area contributed by atoms with E-state index in [1.165, 1.54) is 63.4 Å². The van der Waals surface area contributed by atoms with Gasteiger partial charge in [-0.05, 0) is 42.2 Å². The number of thioether (sulfide) groups is 1. The van der Waals surface area contributed by atoms with Gasteiger partial charge in [0.1, 0.15) is 0 Å². The zero-order valence-corrected chi connectivity index (χ0v) is 19.3. The van der Waals surface area contributed by atoms with Gasteiger partial charge in [-0.2, -0.15) is 8.78 Å². The number of rotatable bonds is 11. The molecule has 166 valence electrons. The minimum absolute atomic E-state index is 0.363. The Labute approximate surface area is 186 Å². The normalized spacial score (nSPS) is 26.7. The molecular weight excluding hydrogens is 394 g/mol. The standard InChI is InChI=1S/C27H38F2S/c1-2-3-4-5-6-8-11-22-14-16-25(17-15-22)27(30-26(28)29)20-18-24(19-21-27)23-12-9-7-10-13-23/h7,9-10,12-13,18-20,22,25-26H,2-6,8,11,14-17,21H2,1H3. The van der Waals surface area contributed by atoms with Crippen LogP contribution in [0.4, 0.5) is 8.78 Å². The zero-order valence-electron chi connectivity index (χ0n) is 18.5. The molecule has 1 saturated carbocycles. The minimum Gasteiger partial charge on any atom is -0.198 e. The number of halogens is 2. The molecule has 1 aromatic rings. The molecule has 0 amide bonds. The maximum absolute atomic E-state index is 13.5. The minimum atomic E-state index is -2.32. The van der Waals surface area contributed by atoms with Crippen LogP contribution in [0.2, 0.25) is 0 Å². The van der Waals surface area contributed by atoms with Crippen molar-refractivity contribution in [3.63, 3.8) is 0 Å². The Morgan fingerprint density at radius 1 is 0.967 bits per heavy atom. The highest BCUT2D eigenvalue weighted by Gasteiger charge is 2.41. The molecule has 0 bridgehead atoms. The second kappa shape index (κ2) is 12.1. The first kappa shape index (κ1) is 23.6. The monoisotopic (exact) mass is 432 g/mol. The van der Waals surface area contributed by atoms with Gasteiger partial charge in [0.05, 0.1) is 0 Å². The second-order valence-electron chi connectivity index (χ2n) is 9.17. The fraction of sp³-hybridized carbons (Fsp3) is 0.630. The third kappa shape index (κ3) is 6.70. The fourth-order valence-electron chi connectivity index (χ4n) is 5.29. The molecule has 30 heavy (non-hydrogen) atoms. The van der Waals surface area contributed by atoms with Crippen LogP contribution in [0.25, 0.3) is 5.57 Å². The number of hydrogen-bond acceptors (Lipinski definition) is 1. The maximum Gasteiger partial charge on any atom is 0.285 e. The van der Waals surface area contributed by atoms with Crippen LogP contribution in [0.3, 0.4) is 0 Å². The van der Waals surface area contributed by atoms with E-state index in [2.05, 4.69) is 37.3 Å². The molecule has 0 aromatic heterocycles. The third-order valence-corrected chi connectivity index (χ3v) is 8.36. The Hall–Kier alpha value is -1.09. The Bertz CT molecular complexity index is 673. The first-order chi connectivity index (χ1) is 14.6. The van der Waals surface area contributed by atoms with Crippen LogP contribution in [0.15, 0.2) is 48.6 Å². The van der Waals surface area contributed by atoms with Gasteiger partial charge in [-0.15, -0.1) is 0 Å². The molecule has 0 spiro atoms. The molecule has 3 heteroatoms.